The number of hydrogen-bond acceptors (Lipinski definition) is 7. The van der Waals surface area contributed by atoms with Gasteiger partial charge in [-0.3, -0.25) is 14.6 Å². The Morgan fingerprint density at radius 2 is 2.13 bits per heavy atom. The average molecular weight is 444 g/mol. The van der Waals surface area contributed by atoms with Crippen molar-refractivity contribution >= 4 is 29.0 Å². The summed E-state index contributed by atoms with van der Waals surface area (Å²) in [4.78, 5) is 30.3. The van der Waals surface area contributed by atoms with Crippen molar-refractivity contribution in [3.63, 3.8) is 0 Å². The molecule has 31 heavy (non-hydrogen) atoms. The monoisotopic (exact) mass is 443 g/mol. The first-order valence-corrected chi connectivity index (χ1v) is 9.92. The van der Waals surface area contributed by atoms with Crippen LogP contribution in [-0.2, 0) is 4.84 Å². The van der Waals surface area contributed by atoms with Gasteiger partial charge in [0, 0.05) is 17.4 Å². The molecule has 0 aliphatic heterocycles. The minimum Gasteiger partial charge on any atom is -0.491 e. The van der Waals surface area contributed by atoms with Crippen LogP contribution in [0.4, 0.5) is 15.9 Å². The summed E-state index contributed by atoms with van der Waals surface area (Å²) in [6, 6.07) is 5.73. The third-order valence-electron chi connectivity index (χ3n) is 4.64. The van der Waals surface area contributed by atoms with Crippen LogP contribution in [0.15, 0.2) is 42.9 Å². The van der Waals surface area contributed by atoms with Crippen LogP contribution in [0.3, 0.4) is 0 Å². The summed E-state index contributed by atoms with van der Waals surface area (Å²) >= 11 is 5.99. The zero-order chi connectivity index (χ0) is 21.8. The van der Waals surface area contributed by atoms with Gasteiger partial charge in [-0.15, -0.1) is 0 Å². The van der Waals surface area contributed by atoms with Crippen LogP contribution in [0.1, 0.15) is 23.2 Å². The normalized spacial score (nSPS) is 13.0. The van der Waals surface area contributed by atoms with E-state index in [1.165, 1.54) is 43.9 Å². The minimum absolute atomic E-state index is 0.108. The Kier molecular flexibility index (Phi) is 6.24. The Hall–Kier alpha value is -3.30. The van der Waals surface area contributed by atoms with E-state index < -0.39 is 11.7 Å². The second-order valence-corrected chi connectivity index (χ2v) is 7.40. The SMILES string of the molecule is COc1cnc(-c2cc(Cl)ccc2F)nc1Nc1ccncc1C(=O)NOCC1CC1. The summed E-state index contributed by atoms with van der Waals surface area (Å²) in [5, 5.41) is 3.39. The van der Waals surface area contributed by atoms with Crippen LogP contribution in [0, 0.1) is 11.7 Å². The summed E-state index contributed by atoms with van der Waals surface area (Å²) in [6.45, 7) is 0.475. The maximum atomic E-state index is 14.3. The number of hydrogen-bond donors (Lipinski definition) is 2. The van der Waals surface area contributed by atoms with Crippen LogP contribution in [0.2, 0.25) is 5.02 Å². The number of carbonyl (C=O) groups excluding carboxylic acids is 1. The fourth-order valence-electron chi connectivity index (χ4n) is 2.78. The van der Waals surface area contributed by atoms with Crippen LogP contribution < -0.4 is 15.5 Å². The molecule has 0 radical (unpaired) electrons. The van der Waals surface area contributed by atoms with Crippen molar-refractivity contribution in [3.8, 4) is 17.1 Å². The number of aromatic nitrogens is 3. The van der Waals surface area contributed by atoms with Gasteiger partial charge in [-0.05, 0) is 43.0 Å². The molecule has 3 aromatic rings. The van der Waals surface area contributed by atoms with E-state index in [0.29, 0.717) is 29.0 Å². The van der Waals surface area contributed by atoms with Crippen molar-refractivity contribution in [2.24, 2.45) is 5.92 Å². The molecule has 2 N–H and O–H groups in total. The molecule has 4 rings (SSSR count). The molecule has 2 heterocycles. The fraction of sp³-hybridized carbons (Fsp3) is 0.238. The standard InChI is InChI=1S/C21H19ClFN5O3/c1-30-18-10-25-19(14-8-13(22)4-5-16(14)23)27-20(18)26-17-6-7-24-9-15(17)21(29)28-31-11-12-2-3-12/h4-10,12H,2-3,11H2,1H3,(H,28,29)(H,24,25,26,27). The van der Waals surface area contributed by atoms with E-state index in [1.54, 1.807) is 6.07 Å². The highest BCUT2D eigenvalue weighted by molar-refractivity contribution is 6.30. The second kappa shape index (κ2) is 9.23. The first-order valence-electron chi connectivity index (χ1n) is 9.54. The van der Waals surface area contributed by atoms with E-state index in [9.17, 15) is 9.18 Å². The number of halogens is 2. The summed E-state index contributed by atoms with van der Waals surface area (Å²) in [7, 11) is 1.45. The fourth-order valence-corrected chi connectivity index (χ4v) is 2.96. The molecule has 0 atom stereocenters. The Balaban J connectivity index is 1.61. The van der Waals surface area contributed by atoms with E-state index in [-0.39, 0.29) is 22.8 Å². The lowest BCUT2D eigenvalue weighted by Gasteiger charge is -2.14. The summed E-state index contributed by atoms with van der Waals surface area (Å²) in [6.07, 6.45) is 6.56. The molecule has 1 aliphatic rings. The summed E-state index contributed by atoms with van der Waals surface area (Å²) in [5.74, 6) is 0.187. The predicted octanol–water partition coefficient (Wildman–Crippen LogP) is 4.15. The molecular formula is C21H19ClFN5O3. The lowest BCUT2D eigenvalue weighted by Crippen LogP contribution is -2.25. The van der Waals surface area contributed by atoms with Crippen molar-refractivity contribution < 1.29 is 18.8 Å². The topological polar surface area (TPSA) is 98.3 Å². The Morgan fingerprint density at radius 1 is 1.29 bits per heavy atom. The summed E-state index contributed by atoms with van der Waals surface area (Å²) in [5.41, 5.74) is 3.23. The molecule has 1 saturated carbocycles. The van der Waals surface area contributed by atoms with E-state index in [4.69, 9.17) is 21.2 Å². The maximum Gasteiger partial charge on any atom is 0.278 e. The van der Waals surface area contributed by atoms with Crippen molar-refractivity contribution in [3.05, 3.63) is 59.3 Å². The molecule has 0 unspecified atom stereocenters. The predicted molar refractivity (Wildman–Crippen MR) is 113 cm³/mol. The van der Waals surface area contributed by atoms with Crippen molar-refractivity contribution in [2.75, 3.05) is 19.0 Å². The van der Waals surface area contributed by atoms with Gasteiger partial charge in [-0.2, -0.15) is 0 Å². The van der Waals surface area contributed by atoms with Gasteiger partial charge < -0.3 is 10.1 Å². The molecule has 0 spiro atoms. The van der Waals surface area contributed by atoms with Crippen molar-refractivity contribution in [1.82, 2.24) is 20.4 Å². The second-order valence-electron chi connectivity index (χ2n) is 6.97. The van der Waals surface area contributed by atoms with Crippen LogP contribution in [0.5, 0.6) is 5.75 Å². The quantitative estimate of drug-likeness (QED) is 0.504. The zero-order valence-electron chi connectivity index (χ0n) is 16.6. The number of hydroxylamine groups is 1. The Morgan fingerprint density at radius 3 is 2.90 bits per heavy atom. The molecule has 0 bridgehead atoms. The van der Waals surface area contributed by atoms with Gasteiger partial charge >= 0.3 is 0 Å². The van der Waals surface area contributed by atoms with Gasteiger partial charge in [0.2, 0.25) is 0 Å². The summed E-state index contributed by atoms with van der Waals surface area (Å²) < 4.78 is 19.6. The highest BCUT2D eigenvalue weighted by Gasteiger charge is 2.22. The van der Waals surface area contributed by atoms with Crippen molar-refractivity contribution in [1.29, 1.82) is 0 Å². The third kappa shape index (κ3) is 5.07. The number of amides is 1. The van der Waals surface area contributed by atoms with Gasteiger partial charge in [0.05, 0.1) is 36.7 Å². The lowest BCUT2D eigenvalue weighted by molar-refractivity contribution is 0.0270. The molecule has 1 aromatic carbocycles. The minimum atomic E-state index is -0.516. The van der Waals surface area contributed by atoms with Gasteiger partial charge in [-0.1, -0.05) is 11.6 Å². The van der Waals surface area contributed by atoms with Crippen LogP contribution in [-0.4, -0.2) is 34.6 Å². The maximum absolute atomic E-state index is 14.3. The molecule has 1 fully saturated rings. The first-order chi connectivity index (χ1) is 15.0. The Labute approximate surface area is 182 Å². The number of nitrogens with one attached hydrogen (secondary N) is 2. The molecule has 0 saturated heterocycles. The van der Waals surface area contributed by atoms with Gasteiger partial charge in [0.15, 0.2) is 17.4 Å². The van der Waals surface area contributed by atoms with Crippen molar-refractivity contribution in [2.45, 2.75) is 12.8 Å². The smallest absolute Gasteiger partial charge is 0.278 e. The Bertz CT molecular complexity index is 1110. The molecule has 8 nitrogen and oxygen atoms in total. The van der Waals surface area contributed by atoms with E-state index in [2.05, 4.69) is 25.7 Å². The lowest BCUT2D eigenvalue weighted by atomic mass is 10.2. The van der Waals surface area contributed by atoms with Crippen LogP contribution >= 0.6 is 11.6 Å². The van der Waals surface area contributed by atoms with Gasteiger partial charge in [0.25, 0.3) is 5.91 Å². The number of carbonyl (C=O) groups is 1. The first kappa shape index (κ1) is 21.0. The number of methoxy groups -OCH3 is 1. The highest BCUT2D eigenvalue weighted by atomic mass is 35.5. The number of nitrogens with zero attached hydrogens (tertiary/aromatic N) is 3. The molecule has 10 heteroatoms. The average Bonchev–Trinajstić information content (AvgIpc) is 3.60. The molecule has 1 amide bonds. The molecule has 160 valence electrons. The highest BCUT2D eigenvalue weighted by Crippen LogP contribution is 2.31. The molecule has 1 aliphatic carbocycles. The van der Waals surface area contributed by atoms with E-state index >= 15 is 0 Å². The van der Waals surface area contributed by atoms with Gasteiger partial charge in [0.1, 0.15) is 5.82 Å². The number of rotatable bonds is 8. The number of pyridine rings is 1. The van der Waals surface area contributed by atoms with Crippen LogP contribution in [0.25, 0.3) is 11.4 Å². The van der Waals surface area contributed by atoms with E-state index in [0.717, 1.165) is 12.8 Å². The van der Waals surface area contributed by atoms with Gasteiger partial charge in [-0.25, -0.2) is 19.8 Å². The number of ether oxygens (including phenoxy) is 1. The van der Waals surface area contributed by atoms with E-state index in [1.807, 2.05) is 0 Å². The third-order valence-corrected chi connectivity index (χ3v) is 4.88. The number of benzene rings is 1. The largest absolute Gasteiger partial charge is 0.491 e. The molecular weight excluding hydrogens is 425 g/mol. The molecule has 2 aromatic heterocycles. The zero-order valence-corrected chi connectivity index (χ0v) is 17.3. The number of anilines is 2.